The number of nitrogens with one attached hydrogen (secondary N) is 1. The van der Waals surface area contributed by atoms with Gasteiger partial charge in [-0.1, -0.05) is 6.07 Å². The summed E-state index contributed by atoms with van der Waals surface area (Å²) in [5.74, 6) is -4.46. The number of carbonyl (C=O) groups is 1. The molecular formula is C37H29F4N5O4S. The molecule has 0 spiro atoms. The zero-order valence-electron chi connectivity index (χ0n) is 27.0. The van der Waals surface area contributed by atoms with E-state index in [4.69, 9.17) is 9.47 Å². The van der Waals surface area contributed by atoms with Crippen LogP contribution in [0.3, 0.4) is 0 Å². The van der Waals surface area contributed by atoms with E-state index in [0.717, 1.165) is 16.5 Å². The highest BCUT2D eigenvalue weighted by Gasteiger charge is 2.38. The molecule has 0 radical (unpaired) electrons. The molecule has 51 heavy (non-hydrogen) atoms. The van der Waals surface area contributed by atoms with Crippen molar-refractivity contribution in [2.45, 2.75) is 25.8 Å². The third-order valence-electron chi connectivity index (χ3n) is 8.20. The minimum absolute atomic E-state index is 0.0383. The summed E-state index contributed by atoms with van der Waals surface area (Å²) in [7, 11) is 0. The van der Waals surface area contributed by atoms with Gasteiger partial charge in [0.25, 0.3) is 17.4 Å². The molecule has 1 saturated heterocycles. The van der Waals surface area contributed by atoms with E-state index in [1.54, 1.807) is 24.1 Å². The van der Waals surface area contributed by atoms with Crippen molar-refractivity contribution in [3.63, 3.8) is 0 Å². The average molecular weight is 716 g/mol. The fourth-order valence-corrected chi connectivity index (χ4v) is 6.81. The minimum Gasteiger partial charge on any atom is -0.493 e. The van der Waals surface area contributed by atoms with Gasteiger partial charge in [0.05, 0.1) is 33.9 Å². The zero-order chi connectivity index (χ0) is 35.7. The summed E-state index contributed by atoms with van der Waals surface area (Å²) in [6, 6.07) is 17.7. The fraction of sp³-hybridized carbons (Fsp3) is 0.189. The van der Waals surface area contributed by atoms with Gasteiger partial charge in [-0.25, -0.2) is 17.6 Å². The Morgan fingerprint density at radius 3 is 2.51 bits per heavy atom. The summed E-state index contributed by atoms with van der Waals surface area (Å²) in [4.78, 5) is 38.2. The number of nitrogens with zero attached hydrogens (tertiary/aromatic N) is 4. The van der Waals surface area contributed by atoms with E-state index in [1.807, 2.05) is 18.2 Å². The predicted octanol–water partition coefficient (Wildman–Crippen LogP) is 8.07. The molecule has 1 amide bonds. The molecule has 260 valence electrons. The molecule has 1 aliphatic heterocycles. The molecule has 4 aromatic heterocycles. The molecule has 1 fully saturated rings. The molecule has 0 saturated carbocycles. The highest BCUT2D eigenvalue weighted by Crippen LogP contribution is 2.39. The van der Waals surface area contributed by atoms with Crippen LogP contribution in [0.1, 0.15) is 29.3 Å². The van der Waals surface area contributed by atoms with Gasteiger partial charge in [-0.05, 0) is 67.1 Å². The number of ether oxygens (including phenoxy) is 2. The van der Waals surface area contributed by atoms with Crippen molar-refractivity contribution in [2.75, 3.05) is 25.0 Å². The van der Waals surface area contributed by atoms with Gasteiger partial charge in [-0.15, -0.1) is 11.3 Å². The summed E-state index contributed by atoms with van der Waals surface area (Å²) < 4.78 is 69.4. The van der Waals surface area contributed by atoms with Crippen LogP contribution in [0.15, 0.2) is 96.2 Å². The molecule has 5 heterocycles. The van der Waals surface area contributed by atoms with Crippen molar-refractivity contribution in [3.05, 3.63) is 125 Å². The molecule has 0 bridgehead atoms. The Hall–Kier alpha value is -5.60. The van der Waals surface area contributed by atoms with Crippen LogP contribution in [0.4, 0.5) is 23.2 Å². The molecular weight excluding hydrogens is 686 g/mol. The van der Waals surface area contributed by atoms with E-state index in [-0.39, 0.29) is 42.3 Å². The van der Waals surface area contributed by atoms with Gasteiger partial charge >= 0.3 is 0 Å². The van der Waals surface area contributed by atoms with Crippen LogP contribution in [-0.2, 0) is 6.54 Å². The first-order chi connectivity index (χ1) is 24.6. The number of fused-ring (bicyclic) bond motifs is 1. The Balaban J connectivity index is 1.08. The van der Waals surface area contributed by atoms with Crippen LogP contribution in [-0.4, -0.2) is 51.0 Å². The van der Waals surface area contributed by atoms with Gasteiger partial charge in [0.15, 0.2) is 11.6 Å². The number of pyridine rings is 3. The molecule has 0 aliphatic carbocycles. The number of rotatable bonds is 10. The van der Waals surface area contributed by atoms with E-state index in [2.05, 4.69) is 15.3 Å². The van der Waals surface area contributed by atoms with Gasteiger partial charge in [-0.2, -0.15) is 0 Å². The number of alkyl halides is 2. The molecule has 1 N–H and O–H groups in total. The lowest BCUT2D eigenvalue weighted by molar-refractivity contribution is 0.0115. The van der Waals surface area contributed by atoms with E-state index < -0.39 is 29.0 Å². The molecule has 2 aromatic carbocycles. The first-order valence-corrected chi connectivity index (χ1v) is 16.8. The maximum absolute atomic E-state index is 15.4. The predicted molar refractivity (Wildman–Crippen MR) is 185 cm³/mol. The number of aromatic nitrogens is 3. The van der Waals surface area contributed by atoms with Gasteiger partial charge < -0.3 is 14.8 Å². The summed E-state index contributed by atoms with van der Waals surface area (Å²) in [6.45, 7) is 2.35. The lowest BCUT2D eigenvalue weighted by Crippen LogP contribution is -2.29. The number of amides is 1. The van der Waals surface area contributed by atoms with Crippen LogP contribution < -0.4 is 20.3 Å². The Morgan fingerprint density at radius 2 is 1.80 bits per heavy atom. The van der Waals surface area contributed by atoms with Crippen LogP contribution >= 0.6 is 11.3 Å². The molecule has 9 nitrogen and oxygen atoms in total. The molecule has 0 unspecified atom stereocenters. The van der Waals surface area contributed by atoms with Crippen LogP contribution in [0.2, 0.25) is 0 Å². The lowest BCUT2D eigenvalue weighted by Gasteiger charge is -2.15. The summed E-state index contributed by atoms with van der Waals surface area (Å²) in [5, 5.41) is 2.56. The number of likely N-dealkylation sites (tertiary alicyclic amines) is 1. The van der Waals surface area contributed by atoms with Crippen LogP contribution in [0, 0.1) is 11.6 Å². The molecule has 0 atom stereocenters. The van der Waals surface area contributed by atoms with E-state index >= 15 is 4.39 Å². The Morgan fingerprint density at radius 1 is 0.980 bits per heavy atom. The molecule has 1 aliphatic rings. The van der Waals surface area contributed by atoms with Crippen LogP contribution in [0.5, 0.6) is 17.2 Å². The topological polar surface area (TPSA) is 98.6 Å². The lowest BCUT2D eigenvalue weighted by atomic mass is 10.2. The first kappa shape index (κ1) is 33.9. The Kier molecular flexibility index (Phi) is 9.27. The SMILES string of the molecule is CCOc1ccn(-c2ccc(F)cc2)c(=O)c1C(=O)Nc1ccc(Oc2ccnc3cc(-c4ccc(CN5CCC(F)(F)C5)cn4)sc23)c(F)c1. The summed E-state index contributed by atoms with van der Waals surface area (Å²) in [5.41, 5.74) is 1.50. The highest BCUT2D eigenvalue weighted by molar-refractivity contribution is 7.22. The van der Waals surface area contributed by atoms with Crippen molar-refractivity contribution in [2.24, 2.45) is 0 Å². The second-order valence-electron chi connectivity index (χ2n) is 11.8. The van der Waals surface area contributed by atoms with Gasteiger partial charge in [0.1, 0.15) is 22.9 Å². The van der Waals surface area contributed by atoms with Crippen molar-refractivity contribution in [1.82, 2.24) is 19.4 Å². The average Bonchev–Trinajstić information content (AvgIpc) is 3.70. The largest absolute Gasteiger partial charge is 0.493 e. The Labute approximate surface area is 292 Å². The molecule has 14 heteroatoms. The third-order valence-corrected chi connectivity index (χ3v) is 9.36. The van der Waals surface area contributed by atoms with Crippen molar-refractivity contribution >= 4 is 33.1 Å². The molecule has 7 rings (SSSR count). The van der Waals surface area contributed by atoms with Crippen molar-refractivity contribution < 1.29 is 31.8 Å². The number of halogens is 4. The van der Waals surface area contributed by atoms with Gasteiger partial charge in [0.2, 0.25) is 0 Å². The monoisotopic (exact) mass is 715 g/mol. The number of thiophene rings is 1. The van der Waals surface area contributed by atoms with Crippen molar-refractivity contribution in [3.8, 4) is 33.5 Å². The number of anilines is 1. The summed E-state index contributed by atoms with van der Waals surface area (Å²) in [6.07, 6.45) is 4.49. The smallest absolute Gasteiger partial charge is 0.271 e. The number of hydrogen-bond acceptors (Lipinski definition) is 8. The number of hydrogen-bond donors (Lipinski definition) is 1. The number of carbonyl (C=O) groups excluding carboxylic acids is 1. The maximum Gasteiger partial charge on any atom is 0.271 e. The maximum atomic E-state index is 15.4. The molecule has 6 aromatic rings. The third kappa shape index (κ3) is 7.32. The van der Waals surface area contributed by atoms with Crippen LogP contribution in [0.25, 0.3) is 26.5 Å². The standard InChI is InChI=1S/C37H29F4N5O4S/c1-2-49-30-12-15-46(25-7-4-23(38)5-8-25)36(48)33(30)35(47)44-24-6-10-29(26(39)17-24)50-31-11-14-42-28-18-32(51-34(28)31)27-9-3-22(19-43-27)20-45-16-13-37(40,41)21-45/h3-12,14-15,17-19H,2,13,16,20-21H2,1H3,(H,44,47). The second kappa shape index (κ2) is 14.0. The van der Waals surface area contributed by atoms with E-state index in [0.29, 0.717) is 40.4 Å². The van der Waals surface area contributed by atoms with E-state index in [9.17, 15) is 22.8 Å². The first-order valence-electron chi connectivity index (χ1n) is 15.9. The zero-order valence-corrected chi connectivity index (χ0v) is 27.9. The fourth-order valence-electron chi connectivity index (χ4n) is 5.77. The van der Waals surface area contributed by atoms with Gasteiger partial charge in [-0.3, -0.25) is 29.0 Å². The summed E-state index contributed by atoms with van der Waals surface area (Å²) >= 11 is 1.36. The quantitative estimate of drug-likeness (QED) is 0.143. The van der Waals surface area contributed by atoms with Crippen molar-refractivity contribution in [1.29, 1.82) is 0 Å². The highest BCUT2D eigenvalue weighted by atomic mass is 32.1. The Bertz CT molecular complexity index is 2290. The second-order valence-corrected chi connectivity index (χ2v) is 12.9. The minimum atomic E-state index is -2.66. The van der Waals surface area contributed by atoms with E-state index in [1.165, 1.54) is 70.8 Å². The van der Waals surface area contributed by atoms with Gasteiger partial charge in [0, 0.05) is 61.6 Å². The number of benzene rings is 2. The normalized spacial score (nSPS) is 14.1.